The molecule has 2 aromatic rings. The Morgan fingerprint density at radius 2 is 1.85 bits per heavy atom. The molecule has 3 rings (SSSR count). The van der Waals surface area contributed by atoms with E-state index < -0.39 is 17.7 Å². The molecular formula is C19H16ClF3O4. The van der Waals surface area contributed by atoms with Crippen LogP contribution in [0.4, 0.5) is 13.2 Å². The standard InChI is InChI=1S/C19H16ClF3O4/c20-15-10-11(27-8-4-3-7-16(24)25)9-14-17(15)12-5-1-2-6-13(12)18(14,26)19(21,22)23/h1-2,5-6,9-10,26H,3-4,7-8H2,(H,24,25). The summed E-state index contributed by atoms with van der Waals surface area (Å²) in [6.07, 6.45) is -4.16. The van der Waals surface area contributed by atoms with E-state index in [1.807, 2.05) is 0 Å². The third-order valence-corrected chi connectivity index (χ3v) is 4.80. The van der Waals surface area contributed by atoms with Crippen molar-refractivity contribution >= 4 is 17.6 Å². The first-order valence-electron chi connectivity index (χ1n) is 8.24. The number of carboxylic acids is 1. The third kappa shape index (κ3) is 3.37. The smallest absolute Gasteiger partial charge is 0.425 e. The van der Waals surface area contributed by atoms with Crippen LogP contribution in [0, 0.1) is 0 Å². The van der Waals surface area contributed by atoms with E-state index in [9.17, 15) is 23.1 Å². The number of halogens is 4. The van der Waals surface area contributed by atoms with Crippen LogP contribution >= 0.6 is 11.6 Å². The molecule has 0 aliphatic heterocycles. The number of unbranched alkanes of at least 4 members (excludes halogenated alkanes) is 1. The fourth-order valence-corrected chi connectivity index (χ4v) is 3.57. The van der Waals surface area contributed by atoms with Crippen LogP contribution in [0.15, 0.2) is 36.4 Å². The second-order valence-electron chi connectivity index (χ2n) is 6.28. The molecule has 1 unspecified atom stereocenters. The van der Waals surface area contributed by atoms with Crippen molar-refractivity contribution in [1.29, 1.82) is 0 Å². The van der Waals surface area contributed by atoms with E-state index in [-0.39, 0.29) is 46.1 Å². The van der Waals surface area contributed by atoms with Gasteiger partial charge >= 0.3 is 12.1 Å². The first kappa shape index (κ1) is 19.5. The second kappa shape index (κ2) is 7.05. The second-order valence-corrected chi connectivity index (χ2v) is 6.69. The van der Waals surface area contributed by atoms with Gasteiger partial charge < -0.3 is 14.9 Å². The van der Waals surface area contributed by atoms with E-state index in [1.54, 1.807) is 6.07 Å². The molecule has 0 saturated carbocycles. The van der Waals surface area contributed by atoms with E-state index in [0.717, 1.165) is 6.07 Å². The van der Waals surface area contributed by atoms with Gasteiger partial charge in [-0.2, -0.15) is 13.2 Å². The average Bonchev–Trinajstić information content (AvgIpc) is 2.85. The molecule has 0 bridgehead atoms. The van der Waals surface area contributed by atoms with Gasteiger partial charge in [-0.05, 0) is 30.5 Å². The summed E-state index contributed by atoms with van der Waals surface area (Å²) in [7, 11) is 0. The van der Waals surface area contributed by atoms with Crippen LogP contribution in [0.5, 0.6) is 5.75 Å². The number of rotatable bonds is 6. The largest absolute Gasteiger partial charge is 0.494 e. The Hall–Kier alpha value is -2.25. The van der Waals surface area contributed by atoms with Crippen LogP contribution in [0.2, 0.25) is 5.02 Å². The quantitative estimate of drug-likeness (QED) is 0.686. The van der Waals surface area contributed by atoms with E-state index >= 15 is 0 Å². The maximum atomic E-state index is 13.8. The highest BCUT2D eigenvalue weighted by molar-refractivity contribution is 6.34. The Bertz CT molecular complexity index is 882. The minimum absolute atomic E-state index is 0.0164. The number of fused-ring (bicyclic) bond motifs is 3. The average molecular weight is 401 g/mol. The van der Waals surface area contributed by atoms with Crippen molar-refractivity contribution in [2.24, 2.45) is 0 Å². The highest BCUT2D eigenvalue weighted by Gasteiger charge is 2.61. The molecule has 0 amide bonds. The van der Waals surface area contributed by atoms with Crippen LogP contribution in [0.1, 0.15) is 30.4 Å². The van der Waals surface area contributed by atoms with Gasteiger partial charge in [-0.25, -0.2) is 0 Å². The van der Waals surface area contributed by atoms with E-state index in [0.29, 0.717) is 12.8 Å². The van der Waals surface area contributed by atoms with Crippen molar-refractivity contribution < 1.29 is 32.9 Å². The van der Waals surface area contributed by atoms with Crippen molar-refractivity contribution in [3.63, 3.8) is 0 Å². The number of hydrogen-bond acceptors (Lipinski definition) is 3. The molecule has 1 aliphatic rings. The molecule has 4 nitrogen and oxygen atoms in total. The van der Waals surface area contributed by atoms with Crippen LogP contribution in [0.3, 0.4) is 0 Å². The van der Waals surface area contributed by atoms with Gasteiger partial charge in [0.25, 0.3) is 0 Å². The van der Waals surface area contributed by atoms with Crippen LogP contribution in [-0.4, -0.2) is 29.0 Å². The highest BCUT2D eigenvalue weighted by atomic mass is 35.5. The molecule has 2 N–H and O–H groups in total. The fourth-order valence-electron chi connectivity index (χ4n) is 3.26. The van der Waals surface area contributed by atoms with E-state index in [4.69, 9.17) is 21.4 Å². The minimum atomic E-state index is -4.95. The van der Waals surface area contributed by atoms with Crippen LogP contribution in [0.25, 0.3) is 11.1 Å². The predicted octanol–water partition coefficient (Wildman–Crippen LogP) is 4.75. The lowest BCUT2D eigenvalue weighted by Gasteiger charge is -2.28. The topological polar surface area (TPSA) is 66.8 Å². The Morgan fingerprint density at radius 1 is 1.15 bits per heavy atom. The molecule has 27 heavy (non-hydrogen) atoms. The molecular weight excluding hydrogens is 385 g/mol. The first-order valence-corrected chi connectivity index (χ1v) is 8.61. The first-order chi connectivity index (χ1) is 12.7. The number of aliphatic hydroxyl groups is 1. The molecule has 0 radical (unpaired) electrons. The molecule has 144 valence electrons. The zero-order valence-electron chi connectivity index (χ0n) is 14.0. The van der Waals surface area contributed by atoms with Crippen molar-refractivity contribution in [3.8, 4) is 16.9 Å². The molecule has 0 heterocycles. The van der Waals surface area contributed by atoms with Gasteiger partial charge in [-0.1, -0.05) is 35.9 Å². The maximum Gasteiger partial charge on any atom is 0.425 e. The molecule has 8 heteroatoms. The number of alkyl halides is 3. The Balaban J connectivity index is 1.95. The number of ether oxygens (including phenoxy) is 1. The summed E-state index contributed by atoms with van der Waals surface area (Å²) < 4.78 is 46.9. The zero-order chi connectivity index (χ0) is 19.8. The molecule has 0 saturated heterocycles. The van der Waals surface area contributed by atoms with Gasteiger partial charge in [0.05, 0.1) is 11.6 Å². The minimum Gasteiger partial charge on any atom is -0.494 e. The molecule has 0 fully saturated rings. The van der Waals surface area contributed by atoms with Crippen molar-refractivity contribution in [2.45, 2.75) is 31.0 Å². The Kier molecular flexibility index (Phi) is 5.10. The number of aliphatic carboxylic acids is 1. The summed E-state index contributed by atoms with van der Waals surface area (Å²) in [6, 6.07) is 8.26. The summed E-state index contributed by atoms with van der Waals surface area (Å²) in [5.74, 6) is -0.840. The summed E-state index contributed by atoms with van der Waals surface area (Å²) >= 11 is 6.23. The van der Waals surface area contributed by atoms with Gasteiger partial charge in [0.2, 0.25) is 5.60 Å². The van der Waals surface area contributed by atoms with Crippen molar-refractivity contribution in [2.75, 3.05) is 6.61 Å². The Labute approximate surface area is 158 Å². The van der Waals surface area contributed by atoms with Crippen LogP contribution in [-0.2, 0) is 10.4 Å². The molecule has 1 atom stereocenters. The van der Waals surface area contributed by atoms with E-state index in [2.05, 4.69) is 0 Å². The van der Waals surface area contributed by atoms with Gasteiger partial charge in [0, 0.05) is 23.1 Å². The van der Waals surface area contributed by atoms with E-state index in [1.165, 1.54) is 24.3 Å². The lowest BCUT2D eigenvalue weighted by Crippen LogP contribution is -2.41. The normalized spacial score (nSPS) is 18.1. The predicted molar refractivity (Wildman–Crippen MR) is 92.9 cm³/mol. The zero-order valence-corrected chi connectivity index (χ0v) is 14.8. The summed E-state index contributed by atoms with van der Waals surface area (Å²) in [6.45, 7) is 0.125. The molecule has 0 aromatic heterocycles. The molecule has 1 aliphatic carbocycles. The van der Waals surface area contributed by atoms with Gasteiger partial charge in [0.15, 0.2) is 0 Å². The fraction of sp³-hybridized carbons (Fsp3) is 0.316. The van der Waals surface area contributed by atoms with Crippen molar-refractivity contribution in [1.82, 2.24) is 0 Å². The summed E-state index contributed by atoms with van der Waals surface area (Å²) in [5, 5.41) is 19.3. The lowest BCUT2D eigenvalue weighted by molar-refractivity contribution is -0.246. The van der Waals surface area contributed by atoms with Gasteiger partial charge in [-0.3, -0.25) is 4.79 Å². The third-order valence-electron chi connectivity index (χ3n) is 4.50. The van der Waals surface area contributed by atoms with Crippen LogP contribution < -0.4 is 4.74 Å². The van der Waals surface area contributed by atoms with Gasteiger partial charge in [0.1, 0.15) is 5.75 Å². The van der Waals surface area contributed by atoms with Gasteiger partial charge in [-0.15, -0.1) is 0 Å². The lowest BCUT2D eigenvalue weighted by atomic mass is 9.90. The van der Waals surface area contributed by atoms with Crippen molar-refractivity contribution in [3.05, 3.63) is 52.5 Å². The molecule has 0 spiro atoms. The number of carbonyl (C=O) groups is 1. The maximum absolute atomic E-state index is 13.8. The SMILES string of the molecule is O=C(O)CCCCOc1cc(Cl)c2c(c1)C(O)(C(F)(F)F)c1ccccc1-2. The Morgan fingerprint density at radius 3 is 2.52 bits per heavy atom. The number of carboxylic acid groups (broad SMARTS) is 1. The monoisotopic (exact) mass is 400 g/mol. The number of benzene rings is 2. The highest BCUT2D eigenvalue weighted by Crippen LogP contribution is 2.57. The number of hydrogen-bond donors (Lipinski definition) is 2. The summed E-state index contributed by atoms with van der Waals surface area (Å²) in [5.41, 5.74) is -3.46. The molecule has 2 aromatic carbocycles. The summed E-state index contributed by atoms with van der Waals surface area (Å²) in [4.78, 5) is 10.5.